The Morgan fingerprint density at radius 3 is 2.18 bits per heavy atom. The molecule has 3 aromatic carbocycles. The molecule has 0 heterocycles. The Morgan fingerprint density at radius 1 is 0.893 bits per heavy atom. The molecule has 0 aliphatic heterocycles. The lowest BCUT2D eigenvalue weighted by Gasteiger charge is -2.14. The van der Waals surface area contributed by atoms with E-state index in [4.69, 9.17) is 4.74 Å². The van der Waals surface area contributed by atoms with Crippen LogP contribution in [0.3, 0.4) is 0 Å². The maximum absolute atomic E-state index is 13.6. The molecule has 4 nitrogen and oxygen atoms in total. The number of para-hydroxylation sites is 1. The maximum Gasteiger partial charge on any atom is 0.311 e. The maximum atomic E-state index is 13.6. The van der Waals surface area contributed by atoms with Crippen molar-refractivity contribution in [1.29, 1.82) is 0 Å². The van der Waals surface area contributed by atoms with Gasteiger partial charge in [0.15, 0.2) is 6.10 Å². The standard InChI is InChI=1S/C23H20FNO3/c1-16(23(27)25-21-10-6-5-9-20(21)24)28-22(26)15-17-11-13-19(14-12-17)18-7-3-2-4-8-18/h2-14,16H,15H2,1H3,(H,25,27). The summed E-state index contributed by atoms with van der Waals surface area (Å²) in [7, 11) is 0. The van der Waals surface area contributed by atoms with Crippen LogP contribution in [-0.4, -0.2) is 18.0 Å². The van der Waals surface area contributed by atoms with Crippen molar-refractivity contribution in [2.45, 2.75) is 19.4 Å². The van der Waals surface area contributed by atoms with Crippen molar-refractivity contribution >= 4 is 17.6 Å². The van der Waals surface area contributed by atoms with Crippen molar-refractivity contribution in [1.82, 2.24) is 0 Å². The zero-order chi connectivity index (χ0) is 19.9. The van der Waals surface area contributed by atoms with Gasteiger partial charge in [-0.25, -0.2) is 4.39 Å². The smallest absolute Gasteiger partial charge is 0.311 e. The van der Waals surface area contributed by atoms with Gasteiger partial charge in [-0.05, 0) is 35.7 Å². The molecule has 0 aromatic heterocycles. The molecule has 3 aromatic rings. The molecule has 0 saturated heterocycles. The van der Waals surface area contributed by atoms with E-state index in [0.29, 0.717) is 0 Å². The van der Waals surface area contributed by atoms with Gasteiger partial charge in [-0.3, -0.25) is 9.59 Å². The number of ether oxygens (including phenoxy) is 1. The number of carbonyl (C=O) groups is 2. The first kappa shape index (κ1) is 19.3. The average Bonchev–Trinajstić information content (AvgIpc) is 2.71. The Labute approximate surface area is 163 Å². The molecule has 0 bridgehead atoms. The lowest BCUT2D eigenvalue weighted by Crippen LogP contribution is -2.30. The zero-order valence-electron chi connectivity index (χ0n) is 15.4. The van der Waals surface area contributed by atoms with Gasteiger partial charge in [0.2, 0.25) is 0 Å². The quantitative estimate of drug-likeness (QED) is 0.639. The van der Waals surface area contributed by atoms with Crippen LogP contribution in [0.4, 0.5) is 10.1 Å². The number of esters is 1. The van der Waals surface area contributed by atoms with Crippen molar-refractivity contribution in [3.8, 4) is 11.1 Å². The molecule has 5 heteroatoms. The van der Waals surface area contributed by atoms with Crippen LogP contribution in [0.1, 0.15) is 12.5 Å². The van der Waals surface area contributed by atoms with E-state index in [0.717, 1.165) is 16.7 Å². The topological polar surface area (TPSA) is 55.4 Å². The molecule has 0 radical (unpaired) electrons. The second-order valence-electron chi connectivity index (χ2n) is 6.34. The Hall–Kier alpha value is -3.47. The minimum absolute atomic E-state index is 0.0480. The van der Waals surface area contributed by atoms with Gasteiger partial charge in [0, 0.05) is 0 Å². The van der Waals surface area contributed by atoms with E-state index >= 15 is 0 Å². The first-order valence-corrected chi connectivity index (χ1v) is 8.92. The van der Waals surface area contributed by atoms with E-state index in [1.165, 1.54) is 25.1 Å². The highest BCUT2D eigenvalue weighted by Gasteiger charge is 2.19. The number of carbonyl (C=O) groups excluding carboxylic acids is 2. The van der Waals surface area contributed by atoms with Crippen LogP contribution in [0.2, 0.25) is 0 Å². The van der Waals surface area contributed by atoms with E-state index in [1.54, 1.807) is 6.07 Å². The number of halogens is 1. The highest BCUT2D eigenvalue weighted by Crippen LogP contribution is 2.19. The summed E-state index contributed by atoms with van der Waals surface area (Å²) >= 11 is 0. The van der Waals surface area contributed by atoms with Crippen LogP contribution < -0.4 is 5.32 Å². The predicted octanol–water partition coefficient (Wildman–Crippen LogP) is 4.61. The molecule has 1 N–H and O–H groups in total. The monoisotopic (exact) mass is 377 g/mol. The third-order valence-electron chi connectivity index (χ3n) is 4.22. The number of anilines is 1. The number of hydrogen-bond donors (Lipinski definition) is 1. The summed E-state index contributed by atoms with van der Waals surface area (Å²) in [6.07, 6.45) is -0.984. The molecular weight excluding hydrogens is 357 g/mol. The molecule has 1 atom stereocenters. The van der Waals surface area contributed by atoms with E-state index in [1.807, 2.05) is 54.6 Å². The molecule has 0 aliphatic rings. The van der Waals surface area contributed by atoms with E-state index in [-0.39, 0.29) is 12.1 Å². The molecule has 142 valence electrons. The summed E-state index contributed by atoms with van der Waals surface area (Å²) in [4.78, 5) is 24.2. The van der Waals surface area contributed by atoms with Crippen molar-refractivity contribution in [3.63, 3.8) is 0 Å². The van der Waals surface area contributed by atoms with E-state index < -0.39 is 23.8 Å². The summed E-state index contributed by atoms with van der Waals surface area (Å²) < 4.78 is 18.8. The molecule has 0 saturated carbocycles. The molecular formula is C23H20FNO3. The van der Waals surface area contributed by atoms with Crippen molar-refractivity contribution in [2.24, 2.45) is 0 Å². The Kier molecular flexibility index (Phi) is 6.17. The van der Waals surface area contributed by atoms with Gasteiger partial charge in [0.1, 0.15) is 5.82 Å². The molecule has 0 aliphatic carbocycles. The van der Waals surface area contributed by atoms with Crippen LogP contribution in [0.25, 0.3) is 11.1 Å². The van der Waals surface area contributed by atoms with Gasteiger partial charge in [-0.1, -0.05) is 66.7 Å². The first-order valence-electron chi connectivity index (χ1n) is 8.92. The lowest BCUT2D eigenvalue weighted by molar-refractivity contribution is -0.152. The van der Waals surface area contributed by atoms with Crippen LogP contribution in [0.15, 0.2) is 78.9 Å². The van der Waals surface area contributed by atoms with Gasteiger partial charge >= 0.3 is 5.97 Å². The normalized spacial score (nSPS) is 11.5. The van der Waals surface area contributed by atoms with Gasteiger partial charge in [0.05, 0.1) is 12.1 Å². The lowest BCUT2D eigenvalue weighted by atomic mass is 10.0. The second-order valence-corrected chi connectivity index (χ2v) is 6.34. The van der Waals surface area contributed by atoms with Crippen molar-refractivity contribution < 1.29 is 18.7 Å². The van der Waals surface area contributed by atoms with E-state index in [9.17, 15) is 14.0 Å². The third kappa shape index (κ3) is 5.04. The molecule has 0 fully saturated rings. The minimum Gasteiger partial charge on any atom is -0.452 e. The highest BCUT2D eigenvalue weighted by molar-refractivity contribution is 5.95. The van der Waals surface area contributed by atoms with Crippen molar-refractivity contribution in [2.75, 3.05) is 5.32 Å². The van der Waals surface area contributed by atoms with Crippen LogP contribution in [0, 0.1) is 5.82 Å². The SMILES string of the molecule is CC(OC(=O)Cc1ccc(-c2ccccc2)cc1)C(=O)Nc1ccccc1F. The fourth-order valence-electron chi connectivity index (χ4n) is 2.70. The van der Waals surface area contributed by atoms with Gasteiger partial charge < -0.3 is 10.1 Å². The molecule has 1 unspecified atom stereocenters. The summed E-state index contributed by atoms with van der Waals surface area (Å²) in [5, 5.41) is 2.41. The Balaban J connectivity index is 1.54. The Morgan fingerprint density at radius 2 is 1.50 bits per heavy atom. The number of benzene rings is 3. The first-order chi connectivity index (χ1) is 13.5. The Bertz CT molecular complexity index is 955. The fourth-order valence-corrected chi connectivity index (χ4v) is 2.70. The minimum atomic E-state index is -1.03. The van der Waals surface area contributed by atoms with Gasteiger partial charge in [0.25, 0.3) is 5.91 Å². The number of nitrogens with one attached hydrogen (secondary N) is 1. The average molecular weight is 377 g/mol. The molecule has 28 heavy (non-hydrogen) atoms. The highest BCUT2D eigenvalue weighted by atomic mass is 19.1. The molecule has 3 rings (SSSR count). The summed E-state index contributed by atoms with van der Waals surface area (Å²) in [5.74, 6) is -1.66. The van der Waals surface area contributed by atoms with Crippen LogP contribution >= 0.6 is 0 Å². The van der Waals surface area contributed by atoms with Gasteiger partial charge in [-0.15, -0.1) is 0 Å². The summed E-state index contributed by atoms with van der Waals surface area (Å²) in [5.41, 5.74) is 2.98. The molecule has 0 spiro atoms. The zero-order valence-corrected chi connectivity index (χ0v) is 15.4. The van der Waals surface area contributed by atoms with Gasteiger partial charge in [-0.2, -0.15) is 0 Å². The fraction of sp³-hybridized carbons (Fsp3) is 0.130. The number of hydrogen-bond acceptors (Lipinski definition) is 3. The van der Waals surface area contributed by atoms with Crippen molar-refractivity contribution in [3.05, 3.63) is 90.2 Å². The summed E-state index contributed by atoms with van der Waals surface area (Å²) in [6, 6.07) is 23.3. The summed E-state index contributed by atoms with van der Waals surface area (Å²) in [6.45, 7) is 1.45. The largest absolute Gasteiger partial charge is 0.452 e. The second kappa shape index (κ2) is 8.95. The predicted molar refractivity (Wildman–Crippen MR) is 106 cm³/mol. The molecule has 1 amide bonds. The number of amides is 1. The van der Waals surface area contributed by atoms with Crippen LogP contribution in [-0.2, 0) is 20.7 Å². The van der Waals surface area contributed by atoms with Crippen LogP contribution in [0.5, 0.6) is 0 Å². The third-order valence-corrected chi connectivity index (χ3v) is 4.22. The number of rotatable bonds is 6. The van der Waals surface area contributed by atoms with E-state index in [2.05, 4.69) is 5.32 Å².